The Balaban J connectivity index is 1.94. The standard InChI is InChI=1S/C13H25N3S/c1-9(2)12-8-17-13(14-12)15-16-10(3)6-5-7-11(16)4/h9-12H,5-8H2,1-4H3,(H,14,15). The van der Waals surface area contributed by atoms with Gasteiger partial charge in [-0.2, -0.15) is 0 Å². The van der Waals surface area contributed by atoms with Crippen LogP contribution < -0.4 is 5.43 Å². The number of amidine groups is 1. The number of hydrazine groups is 1. The van der Waals surface area contributed by atoms with Gasteiger partial charge in [-0.3, -0.25) is 10.4 Å². The minimum atomic E-state index is 0.498. The van der Waals surface area contributed by atoms with E-state index >= 15 is 0 Å². The Morgan fingerprint density at radius 3 is 2.47 bits per heavy atom. The van der Waals surface area contributed by atoms with Gasteiger partial charge >= 0.3 is 0 Å². The number of thioether (sulfide) groups is 1. The van der Waals surface area contributed by atoms with Crippen LogP contribution in [0.25, 0.3) is 0 Å². The van der Waals surface area contributed by atoms with E-state index in [1.807, 2.05) is 11.8 Å². The van der Waals surface area contributed by atoms with Crippen LogP contribution in [0.15, 0.2) is 4.99 Å². The van der Waals surface area contributed by atoms with E-state index in [1.54, 1.807) is 0 Å². The normalized spacial score (nSPS) is 35.1. The summed E-state index contributed by atoms with van der Waals surface area (Å²) in [6, 6.07) is 1.75. The van der Waals surface area contributed by atoms with Gasteiger partial charge in [0.2, 0.25) is 0 Å². The molecule has 0 spiro atoms. The van der Waals surface area contributed by atoms with Crippen molar-refractivity contribution in [1.82, 2.24) is 10.4 Å². The molecule has 0 aromatic rings. The van der Waals surface area contributed by atoms with Gasteiger partial charge < -0.3 is 0 Å². The molecule has 17 heavy (non-hydrogen) atoms. The van der Waals surface area contributed by atoms with Crippen LogP contribution in [-0.2, 0) is 0 Å². The third kappa shape index (κ3) is 3.16. The first-order chi connectivity index (χ1) is 8.08. The zero-order valence-corrected chi connectivity index (χ0v) is 12.3. The van der Waals surface area contributed by atoms with Crippen LogP contribution in [0.2, 0.25) is 0 Å². The Morgan fingerprint density at radius 1 is 1.29 bits per heavy atom. The molecule has 0 aliphatic carbocycles. The van der Waals surface area contributed by atoms with Crippen molar-refractivity contribution in [2.75, 3.05) is 5.75 Å². The van der Waals surface area contributed by atoms with Crippen molar-refractivity contribution < 1.29 is 0 Å². The van der Waals surface area contributed by atoms with Gasteiger partial charge in [0.15, 0.2) is 5.17 Å². The molecule has 0 saturated carbocycles. The lowest BCUT2D eigenvalue weighted by Crippen LogP contribution is -2.53. The lowest BCUT2D eigenvalue weighted by atomic mass is 10.00. The third-order valence-electron chi connectivity index (χ3n) is 3.86. The average Bonchev–Trinajstić information content (AvgIpc) is 2.72. The zero-order chi connectivity index (χ0) is 12.4. The van der Waals surface area contributed by atoms with Crippen molar-refractivity contribution in [2.24, 2.45) is 10.9 Å². The number of piperidine rings is 1. The minimum absolute atomic E-state index is 0.498. The molecular formula is C13H25N3S. The molecule has 1 saturated heterocycles. The van der Waals surface area contributed by atoms with Gasteiger partial charge in [-0.15, -0.1) is 0 Å². The molecule has 0 radical (unpaired) electrons. The lowest BCUT2D eigenvalue weighted by molar-refractivity contribution is 0.0752. The third-order valence-corrected chi connectivity index (χ3v) is 4.84. The van der Waals surface area contributed by atoms with Crippen molar-refractivity contribution in [2.45, 2.75) is 65.1 Å². The summed E-state index contributed by atoms with van der Waals surface area (Å²) in [6.45, 7) is 9.12. The van der Waals surface area contributed by atoms with Crippen LogP contribution in [0, 0.1) is 5.92 Å². The Kier molecular flexibility index (Phi) is 4.36. The molecule has 1 N–H and O–H groups in total. The summed E-state index contributed by atoms with van der Waals surface area (Å²) >= 11 is 1.87. The molecule has 2 rings (SSSR count). The van der Waals surface area contributed by atoms with Crippen LogP contribution in [0.1, 0.15) is 47.0 Å². The van der Waals surface area contributed by atoms with Crippen LogP contribution in [-0.4, -0.2) is 34.1 Å². The SMILES string of the molecule is CC(C)C1CSC(NN2C(C)CCCC2C)=N1. The first-order valence-electron chi connectivity index (χ1n) is 6.83. The van der Waals surface area contributed by atoms with E-state index in [0.717, 1.165) is 10.9 Å². The lowest BCUT2D eigenvalue weighted by Gasteiger charge is -2.39. The molecule has 3 unspecified atom stereocenters. The molecule has 2 aliphatic rings. The van der Waals surface area contributed by atoms with E-state index < -0.39 is 0 Å². The quantitative estimate of drug-likeness (QED) is 0.822. The van der Waals surface area contributed by atoms with Gasteiger partial charge in [-0.05, 0) is 32.6 Å². The zero-order valence-electron chi connectivity index (χ0n) is 11.4. The average molecular weight is 255 g/mol. The summed E-state index contributed by atoms with van der Waals surface area (Å²) in [6.07, 6.45) is 3.94. The molecule has 2 heterocycles. The highest BCUT2D eigenvalue weighted by atomic mass is 32.2. The summed E-state index contributed by atoms with van der Waals surface area (Å²) in [5.41, 5.74) is 3.55. The molecule has 0 aromatic heterocycles. The fraction of sp³-hybridized carbons (Fsp3) is 0.923. The van der Waals surface area contributed by atoms with E-state index in [9.17, 15) is 0 Å². The highest BCUT2D eigenvalue weighted by Gasteiger charge is 2.28. The molecule has 0 amide bonds. The van der Waals surface area contributed by atoms with E-state index in [-0.39, 0.29) is 0 Å². The van der Waals surface area contributed by atoms with Gasteiger partial charge in [0, 0.05) is 17.8 Å². The van der Waals surface area contributed by atoms with E-state index in [2.05, 4.69) is 38.1 Å². The monoisotopic (exact) mass is 255 g/mol. The van der Waals surface area contributed by atoms with Crippen LogP contribution in [0.5, 0.6) is 0 Å². The second kappa shape index (κ2) is 5.61. The second-order valence-electron chi connectivity index (χ2n) is 5.70. The Hall–Kier alpha value is -0.220. The maximum atomic E-state index is 4.78. The fourth-order valence-electron chi connectivity index (χ4n) is 2.54. The predicted molar refractivity (Wildman–Crippen MR) is 76.3 cm³/mol. The summed E-state index contributed by atoms with van der Waals surface area (Å²) in [4.78, 5) is 4.78. The first-order valence-corrected chi connectivity index (χ1v) is 7.82. The molecule has 0 bridgehead atoms. The fourth-order valence-corrected chi connectivity index (χ4v) is 3.71. The van der Waals surface area contributed by atoms with E-state index in [1.165, 1.54) is 19.3 Å². The Labute approximate surface area is 109 Å². The summed E-state index contributed by atoms with van der Waals surface area (Å²) in [5.74, 6) is 1.79. The van der Waals surface area contributed by atoms with Gasteiger partial charge in [-0.25, -0.2) is 5.01 Å². The smallest absolute Gasteiger partial charge is 0.171 e. The molecule has 3 atom stereocenters. The van der Waals surface area contributed by atoms with Crippen molar-refractivity contribution >= 4 is 16.9 Å². The number of aliphatic imine (C=N–C) groups is 1. The van der Waals surface area contributed by atoms with Gasteiger partial charge in [0.1, 0.15) is 0 Å². The summed E-state index contributed by atoms with van der Waals surface area (Å²) in [5, 5.41) is 3.53. The highest BCUT2D eigenvalue weighted by Crippen LogP contribution is 2.25. The van der Waals surface area contributed by atoms with Crippen LogP contribution in [0.3, 0.4) is 0 Å². The number of hydrogen-bond donors (Lipinski definition) is 1. The molecule has 1 fully saturated rings. The topological polar surface area (TPSA) is 27.6 Å². The molecule has 0 aromatic carbocycles. The highest BCUT2D eigenvalue weighted by molar-refractivity contribution is 8.14. The van der Waals surface area contributed by atoms with E-state index in [0.29, 0.717) is 24.0 Å². The maximum absolute atomic E-state index is 4.78. The number of rotatable bonds is 2. The van der Waals surface area contributed by atoms with Gasteiger partial charge in [-0.1, -0.05) is 32.0 Å². The van der Waals surface area contributed by atoms with Crippen molar-refractivity contribution in [1.29, 1.82) is 0 Å². The number of nitrogens with one attached hydrogen (secondary N) is 1. The number of hydrogen-bond acceptors (Lipinski definition) is 4. The first kappa shape index (κ1) is 13.2. The van der Waals surface area contributed by atoms with Gasteiger partial charge in [0.25, 0.3) is 0 Å². The molecular weight excluding hydrogens is 230 g/mol. The second-order valence-corrected chi connectivity index (χ2v) is 6.71. The Bertz CT molecular complexity index is 280. The van der Waals surface area contributed by atoms with Crippen LogP contribution in [0.4, 0.5) is 0 Å². The maximum Gasteiger partial charge on any atom is 0.171 e. The van der Waals surface area contributed by atoms with Crippen molar-refractivity contribution in [3.05, 3.63) is 0 Å². The summed E-state index contributed by atoms with van der Waals surface area (Å²) < 4.78 is 0. The van der Waals surface area contributed by atoms with Gasteiger partial charge in [0.05, 0.1) is 6.04 Å². The molecule has 2 aliphatic heterocycles. The largest absolute Gasteiger partial charge is 0.297 e. The van der Waals surface area contributed by atoms with E-state index in [4.69, 9.17) is 4.99 Å². The summed E-state index contributed by atoms with van der Waals surface area (Å²) in [7, 11) is 0. The van der Waals surface area contributed by atoms with Crippen molar-refractivity contribution in [3.8, 4) is 0 Å². The Morgan fingerprint density at radius 2 is 1.94 bits per heavy atom. The van der Waals surface area contributed by atoms with Crippen LogP contribution >= 0.6 is 11.8 Å². The molecule has 4 heteroatoms. The predicted octanol–water partition coefficient (Wildman–Crippen LogP) is 2.88. The number of nitrogens with zero attached hydrogens (tertiary/aromatic N) is 2. The molecule has 3 nitrogen and oxygen atoms in total. The molecule has 98 valence electrons. The minimum Gasteiger partial charge on any atom is -0.297 e. The van der Waals surface area contributed by atoms with Crippen molar-refractivity contribution in [3.63, 3.8) is 0 Å².